The number of phenolic OH excluding ortho intramolecular Hbond substituents is 1. The number of benzene rings is 2. The van der Waals surface area contributed by atoms with Crippen LogP contribution in [0.25, 0.3) is 11.4 Å². The molecule has 3 rings (SSSR count). The minimum atomic E-state index is -0.866. The van der Waals surface area contributed by atoms with Crippen molar-refractivity contribution < 1.29 is 23.6 Å². The molecule has 1 N–H and O–H groups in total. The smallest absolute Gasteiger partial charge is 0.434 e. The summed E-state index contributed by atoms with van der Waals surface area (Å²) in [6, 6.07) is 9.67. The number of halogens is 1. The normalized spacial score (nSPS) is 12.2. The van der Waals surface area contributed by atoms with Crippen molar-refractivity contribution in [3.8, 4) is 17.1 Å². The number of amides is 1. The van der Waals surface area contributed by atoms with E-state index < -0.39 is 17.7 Å². The third kappa shape index (κ3) is 5.15. The minimum Gasteiger partial charge on any atom is -0.505 e. The molecule has 10 heteroatoms. The first-order chi connectivity index (χ1) is 14.8. The number of methoxy groups -OCH3 is 1. The third-order valence-corrected chi connectivity index (χ3v) is 4.78. The summed E-state index contributed by atoms with van der Waals surface area (Å²) < 4.78 is 24.4. The number of hydrogen-bond acceptors (Lipinski definition) is 8. The van der Waals surface area contributed by atoms with Gasteiger partial charge in [-0.15, -0.1) is 11.8 Å². The molecule has 8 nitrogen and oxygen atoms in total. The van der Waals surface area contributed by atoms with Gasteiger partial charge in [0, 0.05) is 18.1 Å². The van der Waals surface area contributed by atoms with Crippen LogP contribution in [0.1, 0.15) is 17.0 Å². The van der Waals surface area contributed by atoms with E-state index in [9.17, 15) is 14.3 Å². The minimum absolute atomic E-state index is 0.00683. The Morgan fingerprint density at radius 1 is 1.23 bits per heavy atom. The number of rotatable bonds is 4. The monoisotopic (exact) mass is 442 g/mol. The first kappa shape index (κ1) is 22.2. The lowest BCUT2D eigenvalue weighted by molar-refractivity contribution is 0.183. The Bertz CT molecular complexity index is 1170. The fourth-order valence-corrected chi connectivity index (χ4v) is 3.21. The van der Waals surface area contributed by atoms with Crippen LogP contribution in [0.3, 0.4) is 0 Å². The first-order valence-electron chi connectivity index (χ1n) is 9.02. The first-order valence-corrected chi connectivity index (χ1v) is 10.2. The van der Waals surface area contributed by atoms with Gasteiger partial charge >= 0.3 is 6.09 Å². The van der Waals surface area contributed by atoms with Crippen molar-refractivity contribution in [2.75, 3.05) is 13.4 Å². The number of phenols is 1. The molecule has 0 aliphatic rings. The molecule has 0 radical (unpaired) electrons. The summed E-state index contributed by atoms with van der Waals surface area (Å²) in [5.74, 6) is -0.517. The van der Waals surface area contributed by atoms with Crippen LogP contribution in [0, 0.1) is 19.7 Å². The summed E-state index contributed by atoms with van der Waals surface area (Å²) >= 11 is 1.10. The van der Waals surface area contributed by atoms with Crippen molar-refractivity contribution in [3.63, 3.8) is 0 Å². The molecule has 3 aromatic rings. The highest BCUT2D eigenvalue weighted by Gasteiger charge is 2.20. The maximum absolute atomic E-state index is 14.8. The molecule has 31 heavy (non-hydrogen) atoms. The third-order valence-electron chi connectivity index (χ3n) is 4.11. The molecule has 0 spiro atoms. The van der Waals surface area contributed by atoms with E-state index in [-0.39, 0.29) is 16.3 Å². The van der Waals surface area contributed by atoms with Crippen molar-refractivity contribution in [2.45, 2.75) is 13.8 Å². The molecule has 0 aliphatic heterocycles. The number of carbonyl (C=O) groups is 1. The molecule has 1 heterocycles. The average Bonchev–Trinajstić information content (AvgIpc) is 3.19. The van der Waals surface area contributed by atoms with E-state index >= 15 is 0 Å². The molecule has 0 unspecified atom stereocenters. The van der Waals surface area contributed by atoms with Crippen molar-refractivity contribution >= 4 is 34.3 Å². The van der Waals surface area contributed by atoms with E-state index in [1.165, 1.54) is 19.2 Å². The van der Waals surface area contributed by atoms with E-state index in [0.717, 1.165) is 11.8 Å². The van der Waals surface area contributed by atoms with Gasteiger partial charge in [-0.2, -0.15) is 9.98 Å². The molecule has 0 atom stereocenters. The van der Waals surface area contributed by atoms with E-state index in [2.05, 4.69) is 24.9 Å². The number of aromatic nitrogens is 2. The van der Waals surface area contributed by atoms with Gasteiger partial charge in [0.15, 0.2) is 11.6 Å². The number of hydrogen-bond donors (Lipinski definition) is 1. The van der Waals surface area contributed by atoms with Gasteiger partial charge in [0.2, 0.25) is 11.7 Å². The van der Waals surface area contributed by atoms with Gasteiger partial charge in [0.25, 0.3) is 0 Å². The zero-order chi connectivity index (χ0) is 22.5. The van der Waals surface area contributed by atoms with Crippen LogP contribution < -0.4 is 0 Å². The number of aliphatic imine (C=N–C) groups is 2. The fourth-order valence-electron chi connectivity index (χ4n) is 2.70. The highest BCUT2D eigenvalue weighted by molar-refractivity contribution is 8.15. The van der Waals surface area contributed by atoms with Gasteiger partial charge < -0.3 is 14.4 Å². The second-order valence-corrected chi connectivity index (χ2v) is 7.18. The number of thioether (sulfide) groups is 1. The second kappa shape index (κ2) is 9.52. The number of nitrogens with zero attached hydrogens (tertiary/aromatic N) is 4. The SMILES string of the molecule is COC(=O)/N=C(\SC)C(=Nc1ccc(-c2noc(C)n2)cc1)c1cc(C)cc(O)c1F. The Balaban J connectivity index is 2.13. The van der Waals surface area contributed by atoms with Gasteiger partial charge in [-0.1, -0.05) is 5.16 Å². The van der Waals surface area contributed by atoms with Gasteiger partial charge in [-0.05, 0) is 55.1 Å². The molecule has 0 fully saturated rings. The standard InChI is InChI=1S/C21H19FN4O4S/c1-11-9-15(17(22)16(27)10-11)18(20(31-4)25-21(28)29-3)24-14-7-5-13(6-8-14)19-23-12(2)30-26-19/h5-10,27H,1-4H3/b24-18?,25-20-. The topological polar surface area (TPSA) is 110 Å². The number of carbonyl (C=O) groups excluding carboxylic acids is 1. The Hall–Kier alpha value is -3.53. The number of ether oxygens (including phenoxy) is 1. The summed E-state index contributed by atoms with van der Waals surface area (Å²) in [6.45, 7) is 3.40. The Morgan fingerprint density at radius 2 is 1.94 bits per heavy atom. The van der Waals surface area contributed by atoms with Crippen molar-refractivity contribution in [2.24, 2.45) is 9.98 Å². The molecule has 1 amide bonds. The average molecular weight is 442 g/mol. The van der Waals surface area contributed by atoms with E-state index in [4.69, 9.17) is 4.52 Å². The van der Waals surface area contributed by atoms with Gasteiger partial charge in [0.05, 0.1) is 12.8 Å². The maximum Gasteiger partial charge on any atom is 0.434 e. The summed E-state index contributed by atoms with van der Waals surface area (Å²) in [4.78, 5) is 24.3. The van der Waals surface area contributed by atoms with Crippen molar-refractivity contribution in [3.05, 3.63) is 59.2 Å². The van der Waals surface area contributed by atoms with Crippen molar-refractivity contribution in [1.29, 1.82) is 0 Å². The van der Waals surface area contributed by atoms with E-state index in [1.807, 2.05) is 0 Å². The van der Waals surface area contributed by atoms with E-state index in [0.29, 0.717) is 28.5 Å². The molecular formula is C21H19FN4O4S. The predicted octanol–water partition coefficient (Wildman–Crippen LogP) is 4.85. The largest absolute Gasteiger partial charge is 0.505 e. The molecular weight excluding hydrogens is 423 g/mol. The zero-order valence-electron chi connectivity index (χ0n) is 17.2. The van der Waals surface area contributed by atoms with Gasteiger partial charge in [-0.3, -0.25) is 0 Å². The summed E-state index contributed by atoms with van der Waals surface area (Å²) in [5, 5.41) is 14.0. The second-order valence-electron chi connectivity index (χ2n) is 6.38. The quantitative estimate of drug-likeness (QED) is 0.454. The maximum atomic E-state index is 14.8. The van der Waals surface area contributed by atoms with Crippen LogP contribution in [0.4, 0.5) is 14.9 Å². The van der Waals surface area contributed by atoms with Crippen LogP contribution in [-0.4, -0.2) is 45.5 Å². The summed E-state index contributed by atoms with van der Waals surface area (Å²) in [7, 11) is 1.19. The molecule has 1 aromatic heterocycles. The highest BCUT2D eigenvalue weighted by atomic mass is 32.2. The molecule has 160 valence electrons. The van der Waals surface area contributed by atoms with Crippen LogP contribution in [0.15, 0.2) is 50.9 Å². The fraction of sp³-hybridized carbons (Fsp3) is 0.190. The van der Waals surface area contributed by atoms with E-state index in [1.54, 1.807) is 44.4 Å². The van der Waals surface area contributed by atoms with Gasteiger partial charge in [-0.25, -0.2) is 14.2 Å². The molecule has 0 saturated heterocycles. The lowest BCUT2D eigenvalue weighted by atomic mass is 10.1. The van der Waals surface area contributed by atoms with Crippen molar-refractivity contribution in [1.82, 2.24) is 10.1 Å². The molecule has 2 aromatic carbocycles. The molecule has 0 bridgehead atoms. The Kier molecular flexibility index (Phi) is 6.81. The number of aromatic hydroxyl groups is 1. The van der Waals surface area contributed by atoms with Crippen LogP contribution in [-0.2, 0) is 4.74 Å². The lowest BCUT2D eigenvalue weighted by Crippen LogP contribution is -2.16. The molecule has 0 aliphatic carbocycles. The predicted molar refractivity (Wildman–Crippen MR) is 117 cm³/mol. The summed E-state index contributed by atoms with van der Waals surface area (Å²) in [6.07, 6.45) is 0.823. The highest BCUT2D eigenvalue weighted by Crippen LogP contribution is 2.27. The zero-order valence-corrected chi connectivity index (χ0v) is 18.0. The molecule has 0 saturated carbocycles. The Labute approximate surface area is 181 Å². The Morgan fingerprint density at radius 3 is 2.52 bits per heavy atom. The van der Waals surface area contributed by atoms with Crippen LogP contribution >= 0.6 is 11.8 Å². The number of aryl methyl sites for hydroxylation is 2. The lowest BCUT2D eigenvalue weighted by Gasteiger charge is -2.11. The van der Waals surface area contributed by atoms with Crippen LogP contribution in [0.5, 0.6) is 5.75 Å². The van der Waals surface area contributed by atoms with Crippen LogP contribution in [0.2, 0.25) is 0 Å². The summed E-state index contributed by atoms with van der Waals surface area (Å²) in [5.41, 5.74) is 1.88. The van der Waals surface area contributed by atoms with Gasteiger partial charge in [0.1, 0.15) is 10.8 Å².